The summed E-state index contributed by atoms with van der Waals surface area (Å²) in [7, 11) is 1.60. The second-order valence-corrected chi connectivity index (χ2v) is 6.34. The molecule has 0 saturated heterocycles. The van der Waals surface area contributed by atoms with Crippen LogP contribution in [0.25, 0.3) is 0 Å². The van der Waals surface area contributed by atoms with E-state index in [0.29, 0.717) is 17.9 Å². The van der Waals surface area contributed by atoms with Crippen LogP contribution < -0.4 is 4.74 Å². The lowest BCUT2D eigenvalue weighted by atomic mass is 9.75. The monoisotopic (exact) mass is 262 g/mol. The van der Waals surface area contributed by atoms with E-state index in [1.165, 1.54) is 5.56 Å². The molecule has 0 amide bonds. The Bertz CT molecular complexity index is 527. The Hall–Kier alpha value is -1.35. The van der Waals surface area contributed by atoms with Gasteiger partial charge in [-0.1, -0.05) is 13.8 Å². The van der Waals surface area contributed by atoms with Crippen molar-refractivity contribution in [3.63, 3.8) is 0 Å². The van der Waals surface area contributed by atoms with Crippen LogP contribution in [0, 0.1) is 0 Å². The van der Waals surface area contributed by atoms with Gasteiger partial charge in [-0.3, -0.25) is 4.79 Å². The molecule has 0 aromatic heterocycles. The SMILES string of the molecule is COc1cc2c(cc1C(C)=O)C(C)(C)OCC2(C)C. The van der Waals surface area contributed by atoms with Crippen LogP contribution in [0.3, 0.4) is 0 Å². The predicted octanol–water partition coefficient (Wildman–Crippen LogP) is 3.44. The third-order valence-electron chi connectivity index (χ3n) is 3.89. The first-order valence-electron chi connectivity index (χ1n) is 6.57. The summed E-state index contributed by atoms with van der Waals surface area (Å²) in [5.74, 6) is 0.663. The van der Waals surface area contributed by atoms with Gasteiger partial charge in [0.2, 0.25) is 0 Å². The van der Waals surface area contributed by atoms with Crippen molar-refractivity contribution in [2.45, 2.75) is 45.6 Å². The van der Waals surface area contributed by atoms with Crippen LogP contribution in [0.5, 0.6) is 5.75 Å². The van der Waals surface area contributed by atoms with Gasteiger partial charge in [0.1, 0.15) is 5.75 Å². The molecule has 0 spiro atoms. The summed E-state index contributed by atoms with van der Waals surface area (Å²) in [6.45, 7) is 10.6. The van der Waals surface area contributed by atoms with E-state index in [9.17, 15) is 4.79 Å². The number of ketones is 1. The minimum Gasteiger partial charge on any atom is -0.496 e. The molecule has 0 aliphatic carbocycles. The topological polar surface area (TPSA) is 35.5 Å². The summed E-state index contributed by atoms with van der Waals surface area (Å²) in [5.41, 5.74) is 2.45. The highest BCUT2D eigenvalue weighted by Crippen LogP contribution is 2.43. The maximum absolute atomic E-state index is 11.8. The molecule has 3 heteroatoms. The molecule has 0 radical (unpaired) electrons. The fraction of sp³-hybridized carbons (Fsp3) is 0.562. The molecule has 0 fully saturated rings. The van der Waals surface area contributed by atoms with Crippen molar-refractivity contribution < 1.29 is 14.3 Å². The van der Waals surface area contributed by atoms with Crippen LogP contribution in [-0.2, 0) is 15.8 Å². The van der Waals surface area contributed by atoms with E-state index in [1.54, 1.807) is 14.0 Å². The number of benzene rings is 1. The lowest BCUT2D eigenvalue weighted by Crippen LogP contribution is -2.40. The highest BCUT2D eigenvalue weighted by Gasteiger charge is 2.39. The molecule has 0 bridgehead atoms. The number of methoxy groups -OCH3 is 1. The second-order valence-electron chi connectivity index (χ2n) is 6.34. The Morgan fingerprint density at radius 1 is 1.21 bits per heavy atom. The van der Waals surface area contributed by atoms with Gasteiger partial charge in [0, 0.05) is 5.41 Å². The van der Waals surface area contributed by atoms with E-state index < -0.39 is 0 Å². The smallest absolute Gasteiger partial charge is 0.163 e. The largest absolute Gasteiger partial charge is 0.496 e. The van der Waals surface area contributed by atoms with Gasteiger partial charge in [0.15, 0.2) is 5.78 Å². The van der Waals surface area contributed by atoms with E-state index in [-0.39, 0.29) is 16.8 Å². The number of carbonyl (C=O) groups excluding carboxylic acids is 1. The van der Waals surface area contributed by atoms with Crippen LogP contribution in [0.15, 0.2) is 12.1 Å². The molecule has 1 aliphatic heterocycles. The number of hydrogen-bond donors (Lipinski definition) is 0. The number of Topliss-reactive ketones (excluding diaryl/α,β-unsaturated/α-hetero) is 1. The van der Waals surface area contributed by atoms with Gasteiger partial charge in [-0.25, -0.2) is 0 Å². The van der Waals surface area contributed by atoms with Crippen LogP contribution in [0.2, 0.25) is 0 Å². The highest BCUT2D eigenvalue weighted by molar-refractivity contribution is 5.97. The average Bonchev–Trinajstić information content (AvgIpc) is 2.33. The molecule has 1 aromatic carbocycles. The zero-order valence-electron chi connectivity index (χ0n) is 12.6. The minimum absolute atomic E-state index is 0.0128. The molecule has 0 atom stereocenters. The van der Waals surface area contributed by atoms with Crippen LogP contribution in [-0.4, -0.2) is 19.5 Å². The molecular formula is C16H22O3. The van der Waals surface area contributed by atoms with Crippen molar-refractivity contribution in [2.75, 3.05) is 13.7 Å². The molecule has 3 nitrogen and oxygen atoms in total. The summed E-state index contributed by atoms with van der Waals surface area (Å²) in [6, 6.07) is 3.92. The minimum atomic E-state index is -0.374. The van der Waals surface area contributed by atoms with Gasteiger partial charge in [-0.2, -0.15) is 0 Å². The van der Waals surface area contributed by atoms with Crippen LogP contribution >= 0.6 is 0 Å². The van der Waals surface area contributed by atoms with Crippen molar-refractivity contribution in [1.82, 2.24) is 0 Å². The Morgan fingerprint density at radius 2 is 1.84 bits per heavy atom. The third kappa shape index (κ3) is 2.27. The maximum Gasteiger partial charge on any atom is 0.163 e. The lowest BCUT2D eigenvalue weighted by Gasteiger charge is -2.42. The fourth-order valence-corrected chi connectivity index (χ4v) is 2.60. The highest BCUT2D eigenvalue weighted by atomic mass is 16.5. The van der Waals surface area contributed by atoms with Gasteiger partial charge in [0.25, 0.3) is 0 Å². The van der Waals surface area contributed by atoms with Crippen molar-refractivity contribution in [2.24, 2.45) is 0 Å². The van der Waals surface area contributed by atoms with Gasteiger partial charge in [-0.05, 0) is 44.0 Å². The first kappa shape index (κ1) is 14.1. The van der Waals surface area contributed by atoms with E-state index in [2.05, 4.69) is 13.8 Å². The van der Waals surface area contributed by atoms with E-state index in [1.807, 2.05) is 26.0 Å². The van der Waals surface area contributed by atoms with Crippen molar-refractivity contribution in [3.05, 3.63) is 28.8 Å². The first-order chi connectivity index (χ1) is 8.69. The number of fused-ring (bicyclic) bond motifs is 1. The van der Waals surface area contributed by atoms with Gasteiger partial charge in [0.05, 0.1) is 24.9 Å². The van der Waals surface area contributed by atoms with Crippen molar-refractivity contribution in [1.29, 1.82) is 0 Å². The average molecular weight is 262 g/mol. The summed E-state index contributed by atoms with van der Waals surface area (Å²) < 4.78 is 11.3. The van der Waals surface area contributed by atoms with Crippen LogP contribution in [0.4, 0.5) is 0 Å². The summed E-state index contributed by atoms with van der Waals surface area (Å²) in [5, 5.41) is 0. The Labute approximate surface area is 114 Å². The molecule has 19 heavy (non-hydrogen) atoms. The lowest BCUT2D eigenvalue weighted by molar-refractivity contribution is -0.0588. The molecule has 2 rings (SSSR count). The summed E-state index contributed by atoms with van der Waals surface area (Å²) in [6.07, 6.45) is 0. The third-order valence-corrected chi connectivity index (χ3v) is 3.89. The number of hydrogen-bond acceptors (Lipinski definition) is 3. The quantitative estimate of drug-likeness (QED) is 0.766. The predicted molar refractivity (Wildman–Crippen MR) is 75.0 cm³/mol. The normalized spacial score (nSPS) is 19.7. The Morgan fingerprint density at radius 3 is 2.37 bits per heavy atom. The van der Waals surface area contributed by atoms with E-state index in [0.717, 1.165) is 5.56 Å². The number of rotatable bonds is 2. The first-order valence-corrected chi connectivity index (χ1v) is 6.57. The zero-order chi connectivity index (χ0) is 14.4. The van der Waals surface area contributed by atoms with Gasteiger partial charge in [-0.15, -0.1) is 0 Å². The standard InChI is InChI=1S/C16H22O3/c1-10(17)11-7-13-12(8-14(11)18-6)15(2,3)9-19-16(13,4)5/h7-8H,9H2,1-6H3. The second kappa shape index (κ2) is 4.34. The van der Waals surface area contributed by atoms with E-state index in [4.69, 9.17) is 9.47 Å². The Kier molecular flexibility index (Phi) is 3.21. The molecule has 1 aliphatic rings. The molecule has 0 saturated carbocycles. The number of ether oxygens (including phenoxy) is 2. The van der Waals surface area contributed by atoms with Gasteiger partial charge < -0.3 is 9.47 Å². The molecular weight excluding hydrogens is 240 g/mol. The summed E-state index contributed by atoms with van der Waals surface area (Å²) in [4.78, 5) is 11.8. The van der Waals surface area contributed by atoms with E-state index >= 15 is 0 Å². The number of carbonyl (C=O) groups is 1. The molecule has 1 heterocycles. The van der Waals surface area contributed by atoms with Gasteiger partial charge >= 0.3 is 0 Å². The summed E-state index contributed by atoms with van der Waals surface area (Å²) >= 11 is 0. The molecule has 104 valence electrons. The molecule has 0 unspecified atom stereocenters. The molecule has 1 aromatic rings. The Balaban J connectivity index is 2.74. The molecule has 0 N–H and O–H groups in total. The fourth-order valence-electron chi connectivity index (χ4n) is 2.60. The zero-order valence-corrected chi connectivity index (χ0v) is 12.6. The van der Waals surface area contributed by atoms with Crippen LogP contribution in [0.1, 0.15) is 56.1 Å². The van der Waals surface area contributed by atoms with Crippen molar-refractivity contribution >= 4 is 5.78 Å². The van der Waals surface area contributed by atoms with Crippen molar-refractivity contribution in [3.8, 4) is 5.75 Å². The maximum atomic E-state index is 11.8.